The number of aliphatic hydroxyl groups excluding tert-OH is 1. The molecule has 0 fully saturated rings. The van der Waals surface area contributed by atoms with Gasteiger partial charge >= 0.3 is 0 Å². The van der Waals surface area contributed by atoms with Crippen molar-refractivity contribution in [3.8, 4) is 5.75 Å². The molecule has 0 unspecified atom stereocenters. The van der Waals surface area contributed by atoms with E-state index in [-0.39, 0.29) is 49.6 Å². The Morgan fingerprint density at radius 3 is 1.15 bits per heavy atom. The summed E-state index contributed by atoms with van der Waals surface area (Å²) in [5.41, 5.74) is 3.17. The molecule has 0 aliphatic rings. The van der Waals surface area contributed by atoms with E-state index in [0.29, 0.717) is 17.4 Å². The maximum absolute atomic E-state index is 11.5. The number of nitrogens with zero attached hydrogens (tertiary/aromatic N) is 1. The summed E-state index contributed by atoms with van der Waals surface area (Å²) >= 11 is 10.9. The van der Waals surface area contributed by atoms with Crippen molar-refractivity contribution in [3.05, 3.63) is 128 Å². The second-order valence-corrected chi connectivity index (χ2v) is 24.5. The second-order valence-electron chi connectivity index (χ2n) is 10.3. The van der Waals surface area contributed by atoms with Crippen LogP contribution in [0.5, 0.6) is 5.75 Å². The maximum atomic E-state index is 11.5. The number of hydrogen-bond donors (Lipinski definition) is 2. The van der Waals surface area contributed by atoms with Gasteiger partial charge in [-0.05, 0) is 112 Å². The van der Waals surface area contributed by atoms with E-state index in [9.17, 15) is 10.2 Å². The normalized spacial score (nSPS) is 11.4. The number of rotatable bonds is 11. The van der Waals surface area contributed by atoms with Gasteiger partial charge in [0, 0.05) is 11.1 Å². The molecule has 0 saturated heterocycles. The number of thiophene rings is 6. The summed E-state index contributed by atoms with van der Waals surface area (Å²) in [6.07, 6.45) is 1.43. The Morgan fingerprint density at radius 2 is 0.872 bits per heavy atom. The van der Waals surface area contributed by atoms with Gasteiger partial charge in [-0.2, -0.15) is 0 Å². The van der Waals surface area contributed by atoms with Gasteiger partial charge in [0.15, 0.2) is 27.7 Å². The number of halogens is 3. The van der Waals surface area contributed by atoms with Gasteiger partial charge in [-0.15, -0.1) is 80.4 Å². The fourth-order valence-electron chi connectivity index (χ4n) is 5.85. The van der Waals surface area contributed by atoms with E-state index in [1.165, 1.54) is 27.7 Å². The van der Waals surface area contributed by atoms with Crippen LogP contribution in [0.1, 0.15) is 22.5 Å². The summed E-state index contributed by atoms with van der Waals surface area (Å²) in [7, 11) is -4.29. The number of aliphatic hydroxyl groups is 1. The highest BCUT2D eigenvalue weighted by molar-refractivity contribution is 8.04. The lowest BCUT2D eigenvalue weighted by Gasteiger charge is -2.28. The molecular weight excluding hydrogens is 803 g/mol. The Morgan fingerprint density at radius 1 is 0.553 bits per heavy atom. The van der Waals surface area contributed by atoms with Crippen LogP contribution in [0, 0.1) is 6.92 Å². The van der Waals surface area contributed by atoms with Gasteiger partial charge in [0.2, 0.25) is 0 Å². The van der Waals surface area contributed by atoms with Gasteiger partial charge in [-0.3, -0.25) is 0 Å². The molecule has 14 heteroatoms. The molecule has 7 aromatic rings. The van der Waals surface area contributed by atoms with Crippen LogP contribution in [0.3, 0.4) is 0 Å². The lowest BCUT2D eigenvalue weighted by molar-refractivity contribution is -0.00100. The van der Waals surface area contributed by atoms with Crippen LogP contribution >= 0.6 is 95.0 Å². The smallest absolute Gasteiger partial charge is 0.159 e. The molecule has 0 saturated carbocycles. The number of aromatic hydroxyl groups is 1. The van der Waals surface area contributed by atoms with Crippen molar-refractivity contribution in [1.82, 2.24) is 4.98 Å². The number of aryl methyl sites for hydroxylation is 1. The zero-order valence-corrected chi connectivity index (χ0v) is 33.9. The Balaban J connectivity index is 0.00000167. The zero-order chi connectivity index (χ0) is 30.1. The number of aromatic nitrogens is 1. The Labute approximate surface area is 319 Å². The third kappa shape index (κ3) is 6.95. The SMILES string of the molecule is Cc1nc(C[P+](c2cccs2)(c2cccs2)c2cccs2)c(C[P+](c2cccs2)(c2cccs2)c2cccs2)c(CO)c1O.Cl.[Cl-].[Cl-]. The van der Waals surface area contributed by atoms with E-state index in [0.717, 1.165) is 17.4 Å². The molecule has 0 aliphatic carbocycles. The molecule has 0 aliphatic heterocycles. The van der Waals surface area contributed by atoms with E-state index in [1.807, 2.05) is 74.9 Å². The predicted molar refractivity (Wildman–Crippen MR) is 209 cm³/mol. The molecule has 0 spiro atoms. The zero-order valence-electron chi connectivity index (χ0n) is 24.9. The first-order chi connectivity index (χ1) is 21.6. The summed E-state index contributed by atoms with van der Waals surface area (Å²) < 4.78 is 8.20. The van der Waals surface area contributed by atoms with E-state index in [4.69, 9.17) is 4.98 Å². The summed E-state index contributed by atoms with van der Waals surface area (Å²) in [6.45, 7) is 1.63. The third-order valence-electron chi connectivity index (χ3n) is 7.88. The molecule has 7 rings (SSSR count). The minimum atomic E-state index is -2.17. The van der Waals surface area contributed by atoms with E-state index >= 15 is 0 Å². The largest absolute Gasteiger partial charge is 1.00 e. The van der Waals surface area contributed by atoms with Crippen LogP contribution in [-0.2, 0) is 18.9 Å². The molecule has 7 aromatic heterocycles. The Bertz CT molecular complexity index is 1760. The summed E-state index contributed by atoms with van der Waals surface area (Å²) in [5, 5.41) is 35.5. The van der Waals surface area contributed by atoms with Gasteiger partial charge < -0.3 is 35.0 Å². The van der Waals surface area contributed by atoms with Crippen molar-refractivity contribution in [2.24, 2.45) is 0 Å². The highest BCUT2D eigenvalue weighted by Crippen LogP contribution is 2.64. The van der Waals surface area contributed by atoms with E-state index in [1.54, 1.807) is 0 Å². The van der Waals surface area contributed by atoms with Crippen LogP contribution in [-0.4, -0.2) is 15.2 Å². The lowest BCUT2D eigenvalue weighted by Crippen LogP contribution is -3.00. The molecule has 3 nitrogen and oxygen atoms in total. The van der Waals surface area contributed by atoms with Crippen molar-refractivity contribution >= 4 is 123 Å². The van der Waals surface area contributed by atoms with Crippen molar-refractivity contribution in [2.75, 3.05) is 0 Å². The van der Waals surface area contributed by atoms with Crippen molar-refractivity contribution < 1.29 is 35.0 Å². The molecule has 0 radical (unpaired) electrons. The van der Waals surface area contributed by atoms with Crippen LogP contribution in [0.4, 0.5) is 0 Å². The average Bonchev–Trinajstić information content (AvgIpc) is 3.89. The maximum Gasteiger partial charge on any atom is 0.159 e. The highest BCUT2D eigenvalue weighted by atomic mass is 35.5. The lowest BCUT2D eigenvalue weighted by atomic mass is 10.1. The van der Waals surface area contributed by atoms with Gasteiger partial charge in [0.25, 0.3) is 0 Å². The van der Waals surface area contributed by atoms with Gasteiger partial charge in [-0.1, -0.05) is 0 Å². The summed E-state index contributed by atoms with van der Waals surface area (Å²) in [4.78, 5) is 5.23. The fourth-order valence-corrected chi connectivity index (χ4v) is 25.6. The number of pyridine rings is 1. The minimum Gasteiger partial charge on any atom is -1.00 e. The van der Waals surface area contributed by atoms with E-state index in [2.05, 4.69) is 105 Å². The first-order valence-corrected chi connectivity index (χ1v) is 23.1. The van der Waals surface area contributed by atoms with Crippen molar-refractivity contribution in [3.63, 3.8) is 0 Å². The van der Waals surface area contributed by atoms with Crippen LogP contribution in [0.25, 0.3) is 0 Å². The standard InChI is InChI=1S/C33H28NO2P2S6.3ClH/c1-23-33(36)24(20-35)25(21-37(27-8-2-14-39-27,28-9-3-15-40-28)29-10-4-16-41-29)26(34-23)22-38(30-11-5-17-42-30,31-12-6-18-43-31)32-13-7-19-44-32;;;/h2-19,35H,20-22H2,1H3;3*1H/q+1;;;/p-1. The molecule has 7 heterocycles. The molecule has 0 bridgehead atoms. The Hall–Kier alpha value is -1.16. The first-order valence-electron chi connectivity index (χ1n) is 13.9. The Kier molecular flexibility index (Phi) is 13.7. The fraction of sp³-hybridized carbons (Fsp3) is 0.121. The second kappa shape index (κ2) is 16.7. The first kappa shape index (κ1) is 38.6. The molecule has 2 N–H and O–H groups in total. The van der Waals surface area contributed by atoms with Gasteiger partial charge in [0.1, 0.15) is 32.6 Å². The predicted octanol–water partition coefficient (Wildman–Crippen LogP) is 2.37. The van der Waals surface area contributed by atoms with Gasteiger partial charge in [0.05, 0.1) is 18.0 Å². The summed E-state index contributed by atoms with van der Waals surface area (Å²) in [6, 6.07) is 26.6. The van der Waals surface area contributed by atoms with Crippen molar-refractivity contribution in [1.29, 1.82) is 0 Å². The van der Waals surface area contributed by atoms with E-state index < -0.39 is 14.5 Å². The monoisotopic (exact) mass is 831 g/mol. The molecule has 0 atom stereocenters. The minimum absolute atomic E-state index is 0. The third-order valence-corrected chi connectivity index (χ3v) is 26.4. The van der Waals surface area contributed by atoms with Gasteiger partial charge in [-0.25, -0.2) is 4.98 Å². The highest BCUT2D eigenvalue weighted by Gasteiger charge is 2.53. The molecule has 47 heavy (non-hydrogen) atoms. The molecular formula is C33H30Cl3NO2P2S6. The molecule has 246 valence electrons. The van der Waals surface area contributed by atoms with Crippen LogP contribution in [0.2, 0.25) is 0 Å². The summed E-state index contributed by atoms with van der Waals surface area (Å²) in [5.74, 6) is 0.111. The van der Waals surface area contributed by atoms with Crippen LogP contribution in [0.15, 0.2) is 105 Å². The molecule has 0 aromatic carbocycles. The van der Waals surface area contributed by atoms with Crippen molar-refractivity contribution in [2.45, 2.75) is 25.9 Å². The quantitative estimate of drug-likeness (QED) is 0.197. The topological polar surface area (TPSA) is 53.4 Å². The van der Waals surface area contributed by atoms with Crippen LogP contribution < -0.4 is 52.5 Å². The average molecular weight is 833 g/mol. The number of hydrogen-bond acceptors (Lipinski definition) is 9. The molecule has 0 amide bonds.